The average molecular weight is 363 g/mol. The molecule has 0 saturated heterocycles. The molecule has 0 amide bonds. The van der Waals surface area contributed by atoms with E-state index in [0.717, 1.165) is 23.2 Å². The fourth-order valence-corrected chi connectivity index (χ4v) is 2.32. The van der Waals surface area contributed by atoms with Crippen LogP contribution in [0.3, 0.4) is 0 Å². The second-order valence-corrected chi connectivity index (χ2v) is 7.25. The Morgan fingerprint density at radius 1 is 1.33 bits per heavy atom. The summed E-state index contributed by atoms with van der Waals surface area (Å²) in [6.45, 7) is 3.54. The first-order chi connectivity index (χ1) is 11.0. The molecule has 0 aliphatic rings. The Labute approximate surface area is 137 Å². The van der Waals surface area contributed by atoms with Crippen molar-refractivity contribution < 1.29 is 26.3 Å². The van der Waals surface area contributed by atoms with Crippen LogP contribution in [0.4, 0.5) is 13.2 Å². The van der Waals surface area contributed by atoms with Crippen molar-refractivity contribution in [2.24, 2.45) is 0 Å². The summed E-state index contributed by atoms with van der Waals surface area (Å²) in [6.07, 6.45) is -2.29. The van der Waals surface area contributed by atoms with E-state index < -0.39 is 21.7 Å². The molecule has 2 rings (SSSR count). The first-order valence-electron chi connectivity index (χ1n) is 7.02. The molecule has 10 heteroatoms. The summed E-state index contributed by atoms with van der Waals surface area (Å²) in [7, 11) is -3.46. The van der Waals surface area contributed by atoms with Crippen molar-refractivity contribution in [3.8, 4) is 11.7 Å². The number of pyridine rings is 1. The van der Waals surface area contributed by atoms with Crippen molar-refractivity contribution >= 4 is 9.84 Å². The minimum Gasteiger partial charge on any atom is -0.475 e. The van der Waals surface area contributed by atoms with Gasteiger partial charge in [0.25, 0.3) is 0 Å². The summed E-state index contributed by atoms with van der Waals surface area (Å²) in [5.41, 5.74) is -1.12. The second-order valence-electron chi connectivity index (χ2n) is 5.24. The van der Waals surface area contributed by atoms with Gasteiger partial charge in [0.15, 0.2) is 21.3 Å². The molecule has 0 bridgehead atoms. The van der Waals surface area contributed by atoms with Crippen molar-refractivity contribution in [1.82, 2.24) is 14.8 Å². The molecule has 0 spiro atoms. The maximum absolute atomic E-state index is 12.9. The van der Waals surface area contributed by atoms with Crippen LogP contribution in [-0.2, 0) is 16.0 Å². The zero-order valence-corrected chi connectivity index (χ0v) is 14.0. The fourth-order valence-electron chi connectivity index (χ4n) is 1.76. The van der Waals surface area contributed by atoms with Gasteiger partial charge in [0.1, 0.15) is 0 Å². The lowest BCUT2D eigenvalue weighted by atomic mass is 10.3. The van der Waals surface area contributed by atoms with E-state index in [2.05, 4.69) is 10.1 Å². The van der Waals surface area contributed by atoms with Gasteiger partial charge in [-0.15, -0.1) is 0 Å². The number of aromatic nitrogens is 3. The van der Waals surface area contributed by atoms with E-state index in [0.29, 0.717) is 6.42 Å². The summed E-state index contributed by atoms with van der Waals surface area (Å²) < 4.78 is 67.9. The lowest BCUT2D eigenvalue weighted by Gasteiger charge is -2.13. The maximum atomic E-state index is 12.9. The predicted molar refractivity (Wildman–Crippen MR) is 79.9 cm³/mol. The number of rotatable bonds is 5. The van der Waals surface area contributed by atoms with Crippen LogP contribution in [0.5, 0.6) is 5.88 Å². The van der Waals surface area contributed by atoms with Crippen LogP contribution in [-0.4, -0.2) is 35.5 Å². The quantitative estimate of drug-likeness (QED) is 0.817. The number of sulfone groups is 1. The van der Waals surface area contributed by atoms with Crippen molar-refractivity contribution in [3.05, 3.63) is 30.1 Å². The highest BCUT2D eigenvalue weighted by molar-refractivity contribution is 7.90. The summed E-state index contributed by atoms with van der Waals surface area (Å²) >= 11 is 0. The molecule has 2 aromatic heterocycles. The van der Waals surface area contributed by atoms with Crippen molar-refractivity contribution in [2.45, 2.75) is 37.4 Å². The monoisotopic (exact) mass is 363 g/mol. The number of alkyl halides is 3. The molecule has 6 nitrogen and oxygen atoms in total. The van der Waals surface area contributed by atoms with Gasteiger partial charge >= 0.3 is 6.18 Å². The largest absolute Gasteiger partial charge is 0.475 e. The van der Waals surface area contributed by atoms with Crippen LogP contribution in [0, 0.1) is 0 Å². The average Bonchev–Trinajstić information content (AvgIpc) is 2.90. The van der Waals surface area contributed by atoms with Crippen molar-refractivity contribution in [2.75, 3.05) is 6.26 Å². The number of hydrogen-bond acceptors (Lipinski definition) is 5. The summed E-state index contributed by atoms with van der Waals surface area (Å²) in [5, 5.41) is 3.49. The van der Waals surface area contributed by atoms with Crippen LogP contribution in [0.15, 0.2) is 29.3 Å². The molecule has 0 fully saturated rings. The van der Waals surface area contributed by atoms with Gasteiger partial charge in [0.05, 0.1) is 11.0 Å². The van der Waals surface area contributed by atoms with Gasteiger partial charge in [-0.2, -0.15) is 23.0 Å². The van der Waals surface area contributed by atoms with Crippen molar-refractivity contribution in [1.29, 1.82) is 0 Å². The van der Waals surface area contributed by atoms with Crippen LogP contribution in [0.2, 0.25) is 0 Å². The van der Waals surface area contributed by atoms with Gasteiger partial charge in [-0.3, -0.25) is 0 Å². The van der Waals surface area contributed by atoms with Crippen LogP contribution < -0.4 is 4.74 Å². The molecule has 132 valence electrons. The normalized spacial score (nSPS) is 13.8. The maximum Gasteiger partial charge on any atom is 0.435 e. The molecular formula is C14H16F3N3O3S. The highest BCUT2D eigenvalue weighted by atomic mass is 32.2. The smallest absolute Gasteiger partial charge is 0.435 e. The summed E-state index contributed by atoms with van der Waals surface area (Å²) in [5.74, 6) is -0.0903. The molecular weight excluding hydrogens is 347 g/mol. The molecule has 1 atom stereocenters. The number of ether oxygens (including phenoxy) is 1. The minimum absolute atomic E-state index is 0.0243. The van der Waals surface area contributed by atoms with E-state index in [9.17, 15) is 21.6 Å². The lowest BCUT2D eigenvalue weighted by molar-refractivity contribution is -0.141. The van der Waals surface area contributed by atoms with E-state index in [4.69, 9.17) is 4.74 Å². The number of halogens is 3. The molecule has 0 radical (unpaired) electrons. The Kier molecular flexibility index (Phi) is 4.88. The zero-order chi connectivity index (χ0) is 18.1. The predicted octanol–water partition coefficient (Wildman–Crippen LogP) is 2.87. The van der Waals surface area contributed by atoms with Crippen LogP contribution in [0.25, 0.3) is 5.82 Å². The topological polar surface area (TPSA) is 74.1 Å². The Bertz CT molecular complexity index is 814. The third kappa shape index (κ3) is 4.05. The molecule has 0 aromatic carbocycles. The molecule has 0 N–H and O–H groups in total. The first-order valence-corrected chi connectivity index (χ1v) is 8.92. The van der Waals surface area contributed by atoms with Crippen LogP contribution >= 0.6 is 0 Å². The second kappa shape index (κ2) is 6.42. The van der Waals surface area contributed by atoms with Gasteiger partial charge in [-0.05, 0) is 25.5 Å². The Morgan fingerprint density at radius 3 is 2.46 bits per heavy atom. The van der Waals surface area contributed by atoms with Gasteiger partial charge in [-0.25, -0.2) is 13.4 Å². The van der Waals surface area contributed by atoms with Gasteiger partial charge < -0.3 is 4.74 Å². The highest BCUT2D eigenvalue weighted by Crippen LogP contribution is 2.32. The first kappa shape index (κ1) is 18.2. The number of hydrogen-bond donors (Lipinski definition) is 0. The van der Waals surface area contributed by atoms with Crippen LogP contribution in [0.1, 0.15) is 26.0 Å². The number of nitrogens with zero attached hydrogens (tertiary/aromatic N) is 3. The Hall–Kier alpha value is -2.10. The molecule has 0 aliphatic heterocycles. The fraction of sp³-hybridized carbons (Fsp3) is 0.429. The molecule has 1 unspecified atom stereocenters. The molecule has 2 aromatic rings. The Balaban J connectivity index is 2.49. The van der Waals surface area contributed by atoms with E-state index >= 15 is 0 Å². The van der Waals surface area contributed by atoms with E-state index in [1.54, 1.807) is 6.92 Å². The molecule has 2 heterocycles. The third-order valence-electron chi connectivity index (χ3n) is 3.23. The van der Waals surface area contributed by atoms with Gasteiger partial charge in [0, 0.05) is 18.5 Å². The van der Waals surface area contributed by atoms with E-state index in [1.807, 2.05) is 6.92 Å². The summed E-state index contributed by atoms with van der Waals surface area (Å²) in [6, 6.07) is 3.31. The SMILES string of the molecule is CCC(C)Oc1cc(C(F)(F)F)nn1-c1ccc(S(C)(=O)=O)cn1. The summed E-state index contributed by atoms with van der Waals surface area (Å²) in [4.78, 5) is 3.84. The van der Waals surface area contributed by atoms with Gasteiger partial charge in [0.2, 0.25) is 5.88 Å². The lowest BCUT2D eigenvalue weighted by Crippen LogP contribution is -2.13. The highest BCUT2D eigenvalue weighted by Gasteiger charge is 2.36. The van der Waals surface area contributed by atoms with E-state index in [1.165, 1.54) is 12.1 Å². The van der Waals surface area contributed by atoms with E-state index in [-0.39, 0.29) is 22.7 Å². The van der Waals surface area contributed by atoms with Crippen molar-refractivity contribution in [3.63, 3.8) is 0 Å². The molecule has 0 saturated carbocycles. The molecule has 24 heavy (non-hydrogen) atoms. The Morgan fingerprint density at radius 2 is 2.00 bits per heavy atom. The zero-order valence-electron chi connectivity index (χ0n) is 13.2. The molecule has 0 aliphatic carbocycles. The standard InChI is InChI=1S/C14H16F3N3O3S/c1-4-9(2)23-13-7-11(14(15,16)17)19-20(13)12-6-5-10(8-18-12)24(3,21)22/h5-9H,4H2,1-3H3. The minimum atomic E-state index is -4.63. The third-order valence-corrected chi connectivity index (χ3v) is 4.33. The van der Waals surface area contributed by atoms with Gasteiger partial charge in [-0.1, -0.05) is 6.92 Å².